The molecule has 0 amide bonds. The highest BCUT2D eigenvalue weighted by molar-refractivity contribution is 5.20. The molecule has 1 aromatic carbocycles. The molecule has 0 aromatic heterocycles. The summed E-state index contributed by atoms with van der Waals surface area (Å²) in [6, 6.07) is 7.88. The van der Waals surface area contributed by atoms with E-state index in [0.717, 1.165) is 18.5 Å². The number of hydrogen-bond acceptors (Lipinski definition) is 2. The van der Waals surface area contributed by atoms with Gasteiger partial charge in [0.05, 0.1) is 0 Å². The highest BCUT2D eigenvalue weighted by atomic mass is 19.1. The van der Waals surface area contributed by atoms with E-state index >= 15 is 0 Å². The first-order valence-electron chi connectivity index (χ1n) is 7.87. The van der Waals surface area contributed by atoms with E-state index in [9.17, 15) is 4.39 Å². The van der Waals surface area contributed by atoms with Crippen molar-refractivity contribution < 1.29 is 4.39 Å². The molecular formula is C17H27FN2. The second-order valence-corrected chi connectivity index (χ2v) is 5.92. The van der Waals surface area contributed by atoms with Gasteiger partial charge in [-0.25, -0.2) is 4.39 Å². The minimum absolute atomic E-state index is 0.147. The summed E-state index contributed by atoms with van der Waals surface area (Å²) in [7, 11) is 1.96. The number of likely N-dealkylation sites (tertiary alicyclic amines) is 1. The maximum absolute atomic E-state index is 13.3. The summed E-state index contributed by atoms with van der Waals surface area (Å²) >= 11 is 0. The third-order valence-electron chi connectivity index (χ3n) is 4.50. The van der Waals surface area contributed by atoms with Crippen molar-refractivity contribution in [3.8, 4) is 0 Å². The van der Waals surface area contributed by atoms with Crippen LogP contribution in [-0.2, 0) is 0 Å². The first kappa shape index (κ1) is 15.5. The van der Waals surface area contributed by atoms with Crippen LogP contribution >= 0.6 is 0 Å². The van der Waals surface area contributed by atoms with Crippen LogP contribution in [-0.4, -0.2) is 31.1 Å². The van der Waals surface area contributed by atoms with E-state index < -0.39 is 0 Å². The van der Waals surface area contributed by atoms with E-state index in [1.54, 1.807) is 12.1 Å². The van der Waals surface area contributed by atoms with Crippen LogP contribution in [0, 0.1) is 5.82 Å². The third-order valence-corrected chi connectivity index (χ3v) is 4.50. The summed E-state index contributed by atoms with van der Waals surface area (Å²) in [5, 5.41) is 3.32. The topological polar surface area (TPSA) is 15.3 Å². The Morgan fingerprint density at radius 1 is 1.35 bits per heavy atom. The largest absolute Gasteiger partial charge is 0.313 e. The first-order valence-corrected chi connectivity index (χ1v) is 7.87. The Morgan fingerprint density at radius 3 is 2.95 bits per heavy atom. The van der Waals surface area contributed by atoms with Crippen molar-refractivity contribution in [2.75, 3.05) is 20.1 Å². The SMILES string of the molecule is CNC(CCN1CCCCCC1C)c1cccc(F)c1. The monoisotopic (exact) mass is 278 g/mol. The second kappa shape index (κ2) is 7.75. The number of nitrogens with zero attached hydrogens (tertiary/aromatic N) is 1. The Morgan fingerprint density at radius 2 is 2.20 bits per heavy atom. The first-order chi connectivity index (χ1) is 9.70. The van der Waals surface area contributed by atoms with Gasteiger partial charge in [-0.1, -0.05) is 25.0 Å². The molecular weight excluding hydrogens is 251 g/mol. The summed E-state index contributed by atoms with van der Waals surface area (Å²) in [6.07, 6.45) is 6.38. The van der Waals surface area contributed by atoms with Crippen LogP contribution in [0.3, 0.4) is 0 Å². The summed E-state index contributed by atoms with van der Waals surface area (Å²) in [5.41, 5.74) is 1.05. The molecule has 1 heterocycles. The lowest BCUT2D eigenvalue weighted by molar-refractivity contribution is 0.203. The molecule has 0 saturated carbocycles. The molecule has 2 rings (SSSR count). The molecule has 1 fully saturated rings. The molecule has 2 nitrogen and oxygen atoms in total. The average Bonchev–Trinajstić information content (AvgIpc) is 2.65. The Kier molecular flexibility index (Phi) is 5.99. The van der Waals surface area contributed by atoms with Crippen LogP contribution in [0.1, 0.15) is 50.6 Å². The number of hydrogen-bond donors (Lipinski definition) is 1. The van der Waals surface area contributed by atoms with E-state index in [2.05, 4.69) is 17.1 Å². The molecule has 20 heavy (non-hydrogen) atoms. The van der Waals surface area contributed by atoms with Crippen LogP contribution in [0.5, 0.6) is 0 Å². The minimum Gasteiger partial charge on any atom is -0.313 e. The molecule has 0 radical (unpaired) electrons. The normalized spacial score (nSPS) is 22.4. The summed E-state index contributed by atoms with van der Waals surface area (Å²) in [4.78, 5) is 2.59. The van der Waals surface area contributed by atoms with Crippen molar-refractivity contribution in [3.05, 3.63) is 35.6 Å². The summed E-state index contributed by atoms with van der Waals surface area (Å²) in [6.45, 7) is 4.63. The van der Waals surface area contributed by atoms with E-state index in [1.807, 2.05) is 13.1 Å². The van der Waals surface area contributed by atoms with Crippen molar-refractivity contribution in [1.29, 1.82) is 0 Å². The maximum Gasteiger partial charge on any atom is 0.123 e. The van der Waals surface area contributed by atoms with E-state index in [1.165, 1.54) is 38.3 Å². The van der Waals surface area contributed by atoms with Gasteiger partial charge in [-0.05, 0) is 57.5 Å². The zero-order valence-corrected chi connectivity index (χ0v) is 12.7. The highest BCUT2D eigenvalue weighted by Crippen LogP contribution is 2.21. The number of nitrogens with one attached hydrogen (secondary N) is 1. The summed E-state index contributed by atoms with van der Waals surface area (Å²) in [5.74, 6) is -0.147. The van der Waals surface area contributed by atoms with E-state index in [-0.39, 0.29) is 11.9 Å². The lowest BCUT2D eigenvalue weighted by atomic mass is 10.0. The van der Waals surface area contributed by atoms with Gasteiger partial charge in [-0.3, -0.25) is 0 Å². The second-order valence-electron chi connectivity index (χ2n) is 5.92. The van der Waals surface area contributed by atoms with Crippen LogP contribution in [0.2, 0.25) is 0 Å². The van der Waals surface area contributed by atoms with Gasteiger partial charge in [0.25, 0.3) is 0 Å². The average molecular weight is 278 g/mol. The lowest BCUT2D eigenvalue weighted by Gasteiger charge is -2.29. The number of halogens is 1. The zero-order valence-electron chi connectivity index (χ0n) is 12.7. The molecule has 1 saturated heterocycles. The van der Waals surface area contributed by atoms with Gasteiger partial charge in [0, 0.05) is 18.6 Å². The van der Waals surface area contributed by atoms with Crippen LogP contribution in [0.25, 0.3) is 0 Å². The molecule has 1 N–H and O–H groups in total. The Hall–Kier alpha value is -0.930. The van der Waals surface area contributed by atoms with Crippen molar-refractivity contribution in [2.24, 2.45) is 0 Å². The predicted molar refractivity (Wildman–Crippen MR) is 82.3 cm³/mol. The molecule has 0 bridgehead atoms. The van der Waals surface area contributed by atoms with Crippen molar-refractivity contribution in [3.63, 3.8) is 0 Å². The zero-order chi connectivity index (χ0) is 14.4. The third kappa shape index (κ3) is 4.29. The minimum atomic E-state index is -0.147. The van der Waals surface area contributed by atoms with Crippen molar-refractivity contribution in [2.45, 2.75) is 51.1 Å². The van der Waals surface area contributed by atoms with Crippen molar-refractivity contribution >= 4 is 0 Å². The predicted octanol–water partition coefficient (Wildman–Crippen LogP) is 3.74. The van der Waals surface area contributed by atoms with Gasteiger partial charge in [0.2, 0.25) is 0 Å². The standard InChI is InChI=1S/C17H27FN2/c1-14-7-4-3-5-11-20(14)12-10-17(19-2)15-8-6-9-16(18)13-15/h6,8-9,13-14,17,19H,3-5,7,10-12H2,1-2H3. The lowest BCUT2D eigenvalue weighted by Crippen LogP contribution is -2.35. The molecule has 2 atom stereocenters. The van der Waals surface area contributed by atoms with Gasteiger partial charge in [0.15, 0.2) is 0 Å². The van der Waals surface area contributed by atoms with Gasteiger partial charge < -0.3 is 10.2 Å². The fourth-order valence-electron chi connectivity index (χ4n) is 3.16. The Bertz CT molecular complexity index is 408. The fourth-order valence-corrected chi connectivity index (χ4v) is 3.16. The van der Waals surface area contributed by atoms with Crippen LogP contribution < -0.4 is 5.32 Å². The molecule has 2 unspecified atom stereocenters. The van der Waals surface area contributed by atoms with E-state index in [0.29, 0.717) is 6.04 Å². The smallest absolute Gasteiger partial charge is 0.123 e. The van der Waals surface area contributed by atoms with Crippen LogP contribution in [0.15, 0.2) is 24.3 Å². The van der Waals surface area contributed by atoms with Gasteiger partial charge in [-0.2, -0.15) is 0 Å². The Balaban J connectivity index is 1.93. The molecule has 1 aliphatic heterocycles. The molecule has 0 spiro atoms. The molecule has 112 valence electrons. The van der Waals surface area contributed by atoms with Gasteiger partial charge in [0.1, 0.15) is 5.82 Å². The van der Waals surface area contributed by atoms with Crippen LogP contribution in [0.4, 0.5) is 4.39 Å². The number of benzene rings is 1. The van der Waals surface area contributed by atoms with E-state index in [4.69, 9.17) is 0 Å². The quantitative estimate of drug-likeness (QED) is 0.882. The maximum atomic E-state index is 13.3. The van der Waals surface area contributed by atoms with Gasteiger partial charge >= 0.3 is 0 Å². The molecule has 3 heteroatoms. The highest BCUT2D eigenvalue weighted by Gasteiger charge is 2.18. The van der Waals surface area contributed by atoms with Gasteiger partial charge in [-0.15, -0.1) is 0 Å². The fraction of sp³-hybridized carbons (Fsp3) is 0.647. The summed E-state index contributed by atoms with van der Waals surface area (Å²) < 4.78 is 13.3. The molecule has 1 aliphatic rings. The number of rotatable bonds is 5. The van der Waals surface area contributed by atoms with Crippen molar-refractivity contribution in [1.82, 2.24) is 10.2 Å². The molecule has 1 aromatic rings. The Labute approximate surface area is 122 Å². The molecule has 0 aliphatic carbocycles.